The molecular weight excluding hydrogens is 390 g/mol. The molecule has 3 rings (SSSR count). The van der Waals surface area contributed by atoms with Gasteiger partial charge in [-0.25, -0.2) is 0 Å². The molecule has 1 aliphatic carbocycles. The third-order valence-corrected chi connectivity index (χ3v) is 5.54. The number of amides is 1. The maximum Gasteiger partial charge on any atom is 0.525 e. The van der Waals surface area contributed by atoms with Crippen LogP contribution in [-0.2, 0) is 9.59 Å². The minimum atomic E-state index is -1.21. The topological polar surface area (TPSA) is 117 Å². The van der Waals surface area contributed by atoms with Crippen LogP contribution in [0.25, 0.3) is 11.1 Å². The highest BCUT2D eigenvalue weighted by atomic mass is 16.4. The molecular formula is C25H30N3O3+. The minimum absolute atomic E-state index is 0.0102. The molecule has 0 saturated heterocycles. The van der Waals surface area contributed by atoms with Gasteiger partial charge in [0.2, 0.25) is 5.91 Å². The molecule has 0 aliphatic heterocycles. The van der Waals surface area contributed by atoms with Crippen molar-refractivity contribution in [2.45, 2.75) is 51.5 Å². The molecule has 1 unspecified atom stereocenters. The molecule has 0 bridgehead atoms. The number of carbonyl (C=O) groups is 2. The summed E-state index contributed by atoms with van der Waals surface area (Å²) in [4.78, 5) is 24.1. The summed E-state index contributed by atoms with van der Waals surface area (Å²) in [5.74, 6) is -2.49. The van der Waals surface area contributed by atoms with Gasteiger partial charge in [0.15, 0.2) is 5.92 Å². The smallest absolute Gasteiger partial charge is 0.525 e. The lowest BCUT2D eigenvalue weighted by Crippen LogP contribution is -2.43. The van der Waals surface area contributed by atoms with E-state index in [-0.39, 0.29) is 23.8 Å². The molecule has 2 aromatic carbocycles. The van der Waals surface area contributed by atoms with E-state index in [9.17, 15) is 9.59 Å². The van der Waals surface area contributed by atoms with Gasteiger partial charge in [0.1, 0.15) is 0 Å². The van der Waals surface area contributed by atoms with E-state index in [2.05, 4.69) is 29.6 Å². The van der Waals surface area contributed by atoms with Gasteiger partial charge >= 0.3 is 5.97 Å². The lowest BCUT2D eigenvalue weighted by Gasteiger charge is -2.21. The summed E-state index contributed by atoms with van der Waals surface area (Å²) in [7, 11) is 0. The highest BCUT2D eigenvalue weighted by Crippen LogP contribution is 2.46. The van der Waals surface area contributed by atoms with Crippen molar-refractivity contribution < 1.29 is 14.7 Å². The van der Waals surface area contributed by atoms with Crippen LogP contribution in [0.1, 0.15) is 57.1 Å². The molecule has 162 valence electrons. The number of benzene rings is 2. The SMILES string of the molecule is CC(C)(C)NC(=O)CC(C(=N)C(=N)CCC1c2ccccc2-c2ccccc21)C(=O)[OH2+]. The standard InChI is InChI=1S/C25H29N3O3/c1-25(2,3)28-22(29)14-20(24(30)31)23(27)21(26)13-12-19-17-10-6-4-8-15(17)16-9-5-7-11-18(16)19/h4-11,19-20,26-27H,12-14H2,1-3H3,(H,28,29)(H,30,31)/p+1. The fourth-order valence-corrected chi connectivity index (χ4v) is 4.19. The van der Waals surface area contributed by atoms with Gasteiger partial charge in [-0.1, -0.05) is 48.5 Å². The van der Waals surface area contributed by atoms with Crippen LogP contribution >= 0.6 is 0 Å². The van der Waals surface area contributed by atoms with E-state index in [1.165, 1.54) is 22.3 Å². The summed E-state index contributed by atoms with van der Waals surface area (Å²) in [6, 6.07) is 16.4. The number of hydrogen-bond donors (Lipinski definition) is 3. The predicted octanol–water partition coefficient (Wildman–Crippen LogP) is 3.79. The van der Waals surface area contributed by atoms with E-state index in [1.54, 1.807) is 0 Å². The van der Waals surface area contributed by atoms with Gasteiger partial charge in [0, 0.05) is 16.3 Å². The van der Waals surface area contributed by atoms with Crippen molar-refractivity contribution in [3.63, 3.8) is 0 Å². The monoisotopic (exact) mass is 420 g/mol. The Morgan fingerprint density at radius 2 is 1.52 bits per heavy atom. The Kier molecular flexibility index (Phi) is 6.39. The molecule has 0 radical (unpaired) electrons. The summed E-state index contributed by atoms with van der Waals surface area (Å²) in [5.41, 5.74) is 4.12. The zero-order valence-corrected chi connectivity index (χ0v) is 18.2. The van der Waals surface area contributed by atoms with Gasteiger partial charge in [-0.15, -0.1) is 0 Å². The Balaban J connectivity index is 1.70. The molecule has 5 N–H and O–H groups in total. The molecule has 0 aromatic heterocycles. The molecule has 31 heavy (non-hydrogen) atoms. The summed E-state index contributed by atoms with van der Waals surface area (Å²) < 4.78 is 0. The number of fused-ring (bicyclic) bond motifs is 3. The van der Waals surface area contributed by atoms with Gasteiger partial charge in [-0.2, -0.15) is 0 Å². The molecule has 6 nitrogen and oxygen atoms in total. The molecule has 1 atom stereocenters. The van der Waals surface area contributed by atoms with Crippen LogP contribution < -0.4 is 5.32 Å². The Morgan fingerprint density at radius 1 is 1.00 bits per heavy atom. The second kappa shape index (κ2) is 8.84. The summed E-state index contributed by atoms with van der Waals surface area (Å²) in [5, 5.41) is 27.0. The van der Waals surface area contributed by atoms with E-state index >= 15 is 0 Å². The first-order valence-corrected chi connectivity index (χ1v) is 10.5. The van der Waals surface area contributed by atoms with Gasteiger partial charge < -0.3 is 21.2 Å². The van der Waals surface area contributed by atoms with E-state index in [0.29, 0.717) is 12.8 Å². The highest BCUT2D eigenvalue weighted by molar-refractivity contribution is 6.43. The quantitative estimate of drug-likeness (QED) is 0.445. The largest absolute Gasteiger partial charge is 0.564 e. The second-order valence-corrected chi connectivity index (χ2v) is 9.08. The van der Waals surface area contributed by atoms with Crippen LogP contribution in [0, 0.1) is 16.7 Å². The average molecular weight is 421 g/mol. The molecule has 0 fully saturated rings. The minimum Gasteiger partial charge on any atom is -0.564 e. The summed E-state index contributed by atoms with van der Waals surface area (Å²) >= 11 is 0. The van der Waals surface area contributed by atoms with E-state index in [0.717, 1.165) is 0 Å². The Bertz CT molecular complexity index is 991. The number of carbonyl (C=O) groups excluding carboxylic acids is 2. The van der Waals surface area contributed by atoms with E-state index < -0.39 is 23.3 Å². The Labute approximate surface area is 182 Å². The van der Waals surface area contributed by atoms with Crippen molar-refractivity contribution >= 4 is 23.3 Å². The molecule has 0 spiro atoms. The van der Waals surface area contributed by atoms with Crippen LogP contribution in [0.2, 0.25) is 0 Å². The fraction of sp³-hybridized carbons (Fsp3) is 0.360. The third kappa shape index (κ3) is 5.08. The normalized spacial score (nSPS) is 13.8. The predicted molar refractivity (Wildman–Crippen MR) is 123 cm³/mol. The van der Waals surface area contributed by atoms with Crippen LogP contribution in [0.5, 0.6) is 0 Å². The van der Waals surface area contributed by atoms with Crippen LogP contribution in [-0.4, -0.2) is 33.9 Å². The van der Waals surface area contributed by atoms with Crippen LogP contribution in [0.3, 0.4) is 0 Å². The van der Waals surface area contributed by atoms with Gasteiger partial charge in [-0.05, 0) is 55.9 Å². The lowest BCUT2D eigenvalue weighted by atomic mass is 9.88. The number of nitrogens with one attached hydrogen (secondary N) is 3. The summed E-state index contributed by atoms with van der Waals surface area (Å²) in [6.45, 7) is 5.48. The van der Waals surface area contributed by atoms with Gasteiger partial charge in [0.05, 0.1) is 17.8 Å². The maximum atomic E-state index is 12.2. The van der Waals surface area contributed by atoms with Gasteiger partial charge in [-0.3, -0.25) is 4.79 Å². The lowest BCUT2D eigenvalue weighted by molar-refractivity contribution is -0.141. The van der Waals surface area contributed by atoms with Gasteiger partial charge in [0.25, 0.3) is 0 Å². The molecule has 0 heterocycles. The molecule has 2 aromatic rings. The van der Waals surface area contributed by atoms with Crippen molar-refractivity contribution in [3.8, 4) is 11.1 Å². The van der Waals surface area contributed by atoms with Crippen molar-refractivity contribution in [1.29, 1.82) is 10.8 Å². The number of hydrogen-bond acceptors (Lipinski definition) is 4. The molecule has 1 aliphatic rings. The van der Waals surface area contributed by atoms with Crippen LogP contribution in [0.15, 0.2) is 48.5 Å². The third-order valence-electron chi connectivity index (χ3n) is 5.54. The van der Waals surface area contributed by atoms with E-state index in [1.807, 2.05) is 45.0 Å². The first-order chi connectivity index (χ1) is 14.6. The highest BCUT2D eigenvalue weighted by Gasteiger charge is 2.35. The average Bonchev–Trinajstić information content (AvgIpc) is 3.02. The van der Waals surface area contributed by atoms with Crippen molar-refractivity contribution in [1.82, 2.24) is 5.32 Å². The van der Waals surface area contributed by atoms with Crippen molar-refractivity contribution in [2.24, 2.45) is 5.92 Å². The number of rotatable bonds is 8. The van der Waals surface area contributed by atoms with Crippen molar-refractivity contribution in [3.05, 3.63) is 59.7 Å². The van der Waals surface area contributed by atoms with E-state index in [4.69, 9.17) is 15.9 Å². The molecule has 0 saturated carbocycles. The maximum absolute atomic E-state index is 12.2. The first kappa shape index (κ1) is 22.4. The van der Waals surface area contributed by atoms with Crippen molar-refractivity contribution in [2.75, 3.05) is 0 Å². The zero-order chi connectivity index (χ0) is 22.8. The van der Waals surface area contributed by atoms with Crippen LogP contribution in [0.4, 0.5) is 0 Å². The summed E-state index contributed by atoms with van der Waals surface area (Å²) in [6.07, 6.45) is 0.648. The molecule has 6 heteroatoms. The fourth-order valence-electron chi connectivity index (χ4n) is 4.19. The second-order valence-electron chi connectivity index (χ2n) is 9.08. The zero-order valence-electron chi connectivity index (χ0n) is 18.2. The Hall–Kier alpha value is -3.28. The Morgan fingerprint density at radius 3 is 2.00 bits per heavy atom. The first-order valence-electron chi connectivity index (χ1n) is 10.5. The molecule has 1 amide bonds.